The van der Waals surface area contributed by atoms with Crippen molar-refractivity contribution < 1.29 is 4.79 Å². The largest absolute Gasteiger partial charge is 0.340 e. The van der Waals surface area contributed by atoms with Gasteiger partial charge in [-0.3, -0.25) is 4.79 Å². The Kier molecular flexibility index (Phi) is 5.19. The molecule has 0 aliphatic heterocycles. The zero-order valence-electron chi connectivity index (χ0n) is 14.2. The number of halogens is 1. The number of nitrogens with one attached hydrogen (secondary N) is 2. The molecular weight excluding hydrogens is 334 g/mol. The Labute approximate surface area is 152 Å². The summed E-state index contributed by atoms with van der Waals surface area (Å²) in [6.45, 7) is 4.35. The summed E-state index contributed by atoms with van der Waals surface area (Å²) < 4.78 is 0. The van der Waals surface area contributed by atoms with Crippen LogP contribution >= 0.6 is 11.6 Å². The van der Waals surface area contributed by atoms with Crippen LogP contribution in [0.4, 0.5) is 17.2 Å². The minimum atomic E-state index is -0.223. The van der Waals surface area contributed by atoms with Crippen LogP contribution in [0.2, 0.25) is 0 Å². The third kappa shape index (κ3) is 4.09. The molecule has 128 valence electrons. The highest BCUT2D eigenvalue weighted by Crippen LogP contribution is 2.27. The first-order valence-electron chi connectivity index (χ1n) is 8.18. The lowest BCUT2D eigenvalue weighted by molar-refractivity contribution is -0.113. The van der Waals surface area contributed by atoms with Gasteiger partial charge in [0.05, 0.1) is 0 Å². The van der Waals surface area contributed by atoms with Crippen molar-refractivity contribution in [3.63, 3.8) is 0 Å². The highest BCUT2D eigenvalue weighted by Gasteiger charge is 2.06. The summed E-state index contributed by atoms with van der Waals surface area (Å²) in [5.74, 6) is 1.00. The fraction of sp³-hybridized carbons (Fsp3) is 0.200. The maximum absolute atomic E-state index is 11.4. The highest BCUT2D eigenvalue weighted by atomic mass is 35.5. The van der Waals surface area contributed by atoms with E-state index in [9.17, 15) is 4.79 Å². The normalized spacial score (nSPS) is 10.9. The summed E-state index contributed by atoms with van der Waals surface area (Å²) in [4.78, 5) is 15.9. The van der Waals surface area contributed by atoms with Gasteiger partial charge >= 0.3 is 0 Å². The lowest BCUT2D eigenvalue weighted by Gasteiger charge is -2.11. The Balaban J connectivity index is 1.87. The van der Waals surface area contributed by atoms with Crippen molar-refractivity contribution >= 4 is 45.5 Å². The molecule has 25 heavy (non-hydrogen) atoms. The van der Waals surface area contributed by atoms with E-state index in [1.165, 1.54) is 5.56 Å². The second-order valence-corrected chi connectivity index (χ2v) is 6.45. The maximum Gasteiger partial charge on any atom is 0.239 e. The van der Waals surface area contributed by atoms with Gasteiger partial charge in [-0.15, -0.1) is 11.6 Å². The van der Waals surface area contributed by atoms with E-state index in [2.05, 4.69) is 53.7 Å². The Hall–Kier alpha value is -2.59. The van der Waals surface area contributed by atoms with E-state index in [1.807, 2.05) is 24.3 Å². The van der Waals surface area contributed by atoms with Gasteiger partial charge in [-0.2, -0.15) is 0 Å². The zero-order chi connectivity index (χ0) is 17.8. The van der Waals surface area contributed by atoms with E-state index in [-0.39, 0.29) is 11.8 Å². The number of nitrogens with zero attached hydrogens (tertiary/aromatic N) is 1. The number of hydrogen-bond donors (Lipinski definition) is 2. The molecule has 2 aromatic carbocycles. The van der Waals surface area contributed by atoms with Crippen molar-refractivity contribution in [2.75, 3.05) is 16.5 Å². The van der Waals surface area contributed by atoms with Crippen molar-refractivity contribution in [2.24, 2.45) is 0 Å². The highest BCUT2D eigenvalue weighted by molar-refractivity contribution is 6.29. The maximum atomic E-state index is 11.4. The fourth-order valence-corrected chi connectivity index (χ4v) is 2.70. The number of aromatic nitrogens is 1. The lowest BCUT2D eigenvalue weighted by atomic mass is 10.0. The van der Waals surface area contributed by atoms with Crippen LogP contribution in [0, 0.1) is 0 Å². The summed E-state index contributed by atoms with van der Waals surface area (Å²) >= 11 is 5.53. The minimum absolute atomic E-state index is 0.0619. The summed E-state index contributed by atoms with van der Waals surface area (Å²) in [7, 11) is 0. The SMILES string of the molecule is CC(C)c1ccc(Nc2nccc3cc(NC(=O)CCl)ccc23)cc1. The molecule has 0 atom stereocenters. The zero-order valence-corrected chi connectivity index (χ0v) is 15.0. The van der Waals surface area contributed by atoms with Gasteiger partial charge in [-0.25, -0.2) is 4.98 Å². The molecule has 4 nitrogen and oxygen atoms in total. The van der Waals surface area contributed by atoms with Gasteiger partial charge in [0.2, 0.25) is 5.91 Å². The van der Waals surface area contributed by atoms with Gasteiger partial charge < -0.3 is 10.6 Å². The predicted molar refractivity (Wildman–Crippen MR) is 105 cm³/mol. The van der Waals surface area contributed by atoms with Crippen molar-refractivity contribution in [1.82, 2.24) is 4.98 Å². The topological polar surface area (TPSA) is 54.0 Å². The van der Waals surface area contributed by atoms with Crippen molar-refractivity contribution in [2.45, 2.75) is 19.8 Å². The summed E-state index contributed by atoms with van der Waals surface area (Å²) in [6, 6.07) is 16.0. The number of alkyl halides is 1. The number of fused-ring (bicyclic) bond motifs is 1. The number of rotatable bonds is 5. The van der Waals surface area contributed by atoms with Crippen LogP contribution in [0.5, 0.6) is 0 Å². The minimum Gasteiger partial charge on any atom is -0.340 e. The number of amides is 1. The number of benzene rings is 2. The first kappa shape index (κ1) is 17.2. The van der Waals surface area contributed by atoms with E-state index in [4.69, 9.17) is 11.6 Å². The molecule has 1 amide bonds. The van der Waals surface area contributed by atoms with Gasteiger partial charge in [0.25, 0.3) is 0 Å². The van der Waals surface area contributed by atoms with Crippen LogP contribution in [0.1, 0.15) is 25.3 Å². The number of hydrogen-bond acceptors (Lipinski definition) is 3. The number of carbonyl (C=O) groups is 1. The third-order valence-corrected chi connectivity index (χ3v) is 4.25. The Bertz CT molecular complexity index is 891. The van der Waals surface area contributed by atoms with E-state index in [1.54, 1.807) is 6.20 Å². The van der Waals surface area contributed by atoms with Gasteiger partial charge in [0.1, 0.15) is 11.7 Å². The molecule has 0 aliphatic rings. The fourth-order valence-electron chi connectivity index (χ4n) is 2.64. The summed E-state index contributed by atoms with van der Waals surface area (Å²) in [5, 5.41) is 8.10. The molecule has 0 radical (unpaired) electrons. The Morgan fingerprint density at radius 2 is 1.80 bits per heavy atom. The summed E-state index contributed by atoms with van der Waals surface area (Å²) in [6.07, 6.45) is 1.75. The molecule has 2 N–H and O–H groups in total. The molecule has 0 spiro atoms. The van der Waals surface area contributed by atoms with Crippen molar-refractivity contribution in [3.05, 3.63) is 60.3 Å². The predicted octanol–water partition coefficient (Wildman–Crippen LogP) is 5.28. The van der Waals surface area contributed by atoms with Gasteiger partial charge in [0.15, 0.2) is 0 Å². The van der Waals surface area contributed by atoms with E-state index in [0.29, 0.717) is 5.92 Å². The van der Waals surface area contributed by atoms with Gasteiger partial charge in [-0.1, -0.05) is 26.0 Å². The van der Waals surface area contributed by atoms with E-state index >= 15 is 0 Å². The first-order chi connectivity index (χ1) is 12.1. The average Bonchev–Trinajstić information content (AvgIpc) is 2.62. The first-order valence-corrected chi connectivity index (χ1v) is 8.72. The van der Waals surface area contributed by atoms with Crippen LogP contribution < -0.4 is 10.6 Å². The molecule has 3 rings (SSSR count). The average molecular weight is 354 g/mol. The standard InChI is InChI=1S/C20H20ClN3O/c1-13(2)14-3-5-16(6-4-14)24-20-18-8-7-17(23-19(25)12-21)11-15(18)9-10-22-20/h3-11,13H,12H2,1-2H3,(H,22,24)(H,23,25). The molecule has 0 aliphatic carbocycles. The molecule has 1 aromatic heterocycles. The molecule has 0 saturated carbocycles. The second-order valence-electron chi connectivity index (χ2n) is 6.18. The molecule has 0 fully saturated rings. The van der Waals surface area contributed by atoms with E-state index in [0.717, 1.165) is 28.0 Å². The van der Waals surface area contributed by atoms with Gasteiger partial charge in [0, 0.05) is 23.0 Å². The number of carbonyl (C=O) groups excluding carboxylic acids is 1. The van der Waals surface area contributed by atoms with Crippen molar-refractivity contribution in [1.29, 1.82) is 0 Å². The molecule has 0 bridgehead atoms. The Morgan fingerprint density at radius 1 is 1.08 bits per heavy atom. The van der Waals surface area contributed by atoms with Crippen molar-refractivity contribution in [3.8, 4) is 0 Å². The number of pyridine rings is 1. The molecule has 0 saturated heterocycles. The molecule has 1 heterocycles. The summed E-state index contributed by atoms with van der Waals surface area (Å²) in [5.41, 5.74) is 3.01. The molecule has 0 unspecified atom stereocenters. The Morgan fingerprint density at radius 3 is 2.48 bits per heavy atom. The van der Waals surface area contributed by atoms with Gasteiger partial charge in [-0.05, 0) is 53.3 Å². The monoisotopic (exact) mass is 353 g/mol. The van der Waals surface area contributed by atoms with Crippen LogP contribution in [0.3, 0.4) is 0 Å². The lowest BCUT2D eigenvalue weighted by Crippen LogP contribution is -2.12. The molecular formula is C20H20ClN3O. The number of anilines is 3. The second kappa shape index (κ2) is 7.53. The third-order valence-electron chi connectivity index (χ3n) is 4.01. The van der Waals surface area contributed by atoms with E-state index < -0.39 is 0 Å². The smallest absolute Gasteiger partial charge is 0.239 e. The van der Waals surface area contributed by atoms with Crippen LogP contribution in [0.25, 0.3) is 10.8 Å². The quantitative estimate of drug-likeness (QED) is 0.613. The molecule has 5 heteroatoms. The van der Waals surface area contributed by atoms with Crippen LogP contribution in [-0.2, 0) is 4.79 Å². The van der Waals surface area contributed by atoms with Crippen LogP contribution in [0.15, 0.2) is 54.7 Å². The molecule has 3 aromatic rings. The van der Waals surface area contributed by atoms with Crippen LogP contribution in [-0.4, -0.2) is 16.8 Å².